The standard InChI is InChI=1S/C38H60FNO4/c1-24(2)25-15-20-38(33(44)40-23-11-9-8-10-12-27(39)32(42)43)22-21-36(6)26(31(25)38)13-14-29-35(5)18-17-30(41)34(3,4)28(35)16-19-37(29,36)7/h12,25-26,28-31,41H,1,8-11,13-23H2,2-7H3,(H,40,44)(H,42,43)/b27-12+/t25-,26+,28-,29+,30-,31+,35-,36+,37+,38-/m0/s1. The molecule has 1 amide bonds. The van der Waals surface area contributed by atoms with E-state index in [-0.39, 0.29) is 39.1 Å². The Labute approximate surface area is 265 Å². The first-order valence-electron chi connectivity index (χ1n) is 17.8. The number of aliphatic carboxylic acids is 1. The first kappa shape index (κ1) is 33.7. The maximum atomic E-state index is 14.2. The third-order valence-electron chi connectivity index (χ3n) is 15.2. The predicted molar refractivity (Wildman–Crippen MR) is 173 cm³/mol. The first-order valence-corrected chi connectivity index (χ1v) is 17.8. The van der Waals surface area contributed by atoms with E-state index in [1.165, 1.54) is 31.3 Å². The van der Waals surface area contributed by atoms with Crippen molar-refractivity contribution in [2.45, 2.75) is 138 Å². The van der Waals surface area contributed by atoms with Crippen LogP contribution in [0.15, 0.2) is 24.1 Å². The maximum absolute atomic E-state index is 14.2. The molecule has 0 radical (unpaired) electrons. The van der Waals surface area contributed by atoms with Gasteiger partial charge in [-0.3, -0.25) is 4.79 Å². The normalized spacial score (nSPS) is 44.5. The minimum atomic E-state index is -1.51. The lowest BCUT2D eigenvalue weighted by Gasteiger charge is -2.72. The van der Waals surface area contributed by atoms with Gasteiger partial charge in [-0.05, 0) is 148 Å². The number of aliphatic hydroxyl groups excluding tert-OH is 1. The molecule has 248 valence electrons. The Balaban J connectivity index is 1.34. The van der Waals surface area contributed by atoms with E-state index < -0.39 is 11.8 Å². The van der Waals surface area contributed by atoms with Gasteiger partial charge >= 0.3 is 5.97 Å². The van der Waals surface area contributed by atoms with Crippen molar-refractivity contribution in [2.24, 2.45) is 56.7 Å². The van der Waals surface area contributed by atoms with Gasteiger partial charge in [0.1, 0.15) is 0 Å². The topological polar surface area (TPSA) is 86.6 Å². The van der Waals surface area contributed by atoms with Gasteiger partial charge in [-0.15, -0.1) is 0 Å². The largest absolute Gasteiger partial charge is 0.476 e. The molecular weight excluding hydrogens is 553 g/mol. The van der Waals surface area contributed by atoms with Gasteiger partial charge in [0.25, 0.3) is 0 Å². The van der Waals surface area contributed by atoms with Crippen LogP contribution in [0.25, 0.3) is 0 Å². The van der Waals surface area contributed by atoms with E-state index in [1.54, 1.807) is 0 Å². The molecule has 5 rings (SSSR count). The predicted octanol–water partition coefficient (Wildman–Crippen LogP) is 8.62. The number of rotatable bonds is 9. The summed E-state index contributed by atoms with van der Waals surface area (Å²) in [5.41, 5.74) is 1.50. The first-order chi connectivity index (χ1) is 20.6. The quantitative estimate of drug-likeness (QED) is 0.138. The number of halogens is 1. The number of amides is 1. The lowest BCUT2D eigenvalue weighted by Crippen LogP contribution is -2.67. The zero-order chi connectivity index (χ0) is 32.3. The van der Waals surface area contributed by atoms with Crippen molar-refractivity contribution < 1.29 is 24.2 Å². The fourth-order valence-electron chi connectivity index (χ4n) is 12.7. The summed E-state index contributed by atoms with van der Waals surface area (Å²) in [7, 11) is 0. The van der Waals surface area contributed by atoms with Crippen LogP contribution in [0.1, 0.15) is 131 Å². The molecule has 3 N–H and O–H groups in total. The number of unbranched alkanes of at least 4 members (excludes halogenated alkanes) is 3. The number of carboxylic acids is 1. The van der Waals surface area contributed by atoms with Gasteiger partial charge in [0.15, 0.2) is 0 Å². The number of allylic oxidation sites excluding steroid dienone is 2. The van der Waals surface area contributed by atoms with Gasteiger partial charge in [0, 0.05) is 6.54 Å². The van der Waals surface area contributed by atoms with E-state index in [1.807, 2.05) is 0 Å². The summed E-state index contributed by atoms with van der Waals surface area (Å²) in [6.45, 7) is 19.7. The van der Waals surface area contributed by atoms with Crippen LogP contribution in [-0.2, 0) is 9.59 Å². The highest BCUT2D eigenvalue weighted by Gasteiger charge is 2.71. The number of hydrogen-bond acceptors (Lipinski definition) is 3. The van der Waals surface area contributed by atoms with Crippen LogP contribution in [0.2, 0.25) is 0 Å². The lowest BCUT2D eigenvalue weighted by molar-refractivity contribution is -0.246. The third kappa shape index (κ3) is 5.03. The van der Waals surface area contributed by atoms with E-state index in [4.69, 9.17) is 5.11 Å². The minimum Gasteiger partial charge on any atom is -0.476 e. The summed E-state index contributed by atoms with van der Waals surface area (Å²) in [5.74, 6) is 0.0440. The van der Waals surface area contributed by atoms with E-state index in [2.05, 4.69) is 53.4 Å². The van der Waals surface area contributed by atoms with Crippen molar-refractivity contribution in [2.75, 3.05) is 6.54 Å². The number of fused-ring (bicyclic) bond motifs is 7. The summed E-state index contributed by atoms with van der Waals surface area (Å²) in [6.07, 6.45) is 14.6. The van der Waals surface area contributed by atoms with Crippen LogP contribution in [0, 0.1) is 56.7 Å². The summed E-state index contributed by atoms with van der Waals surface area (Å²) in [6, 6.07) is 0. The second kappa shape index (κ2) is 11.8. The van der Waals surface area contributed by atoms with Crippen molar-refractivity contribution in [3.05, 3.63) is 24.1 Å². The average Bonchev–Trinajstić information content (AvgIpc) is 3.36. The average molecular weight is 614 g/mol. The Hall–Kier alpha value is -1.69. The van der Waals surface area contributed by atoms with Gasteiger partial charge in [-0.25, -0.2) is 4.79 Å². The summed E-state index contributed by atoms with van der Waals surface area (Å²) >= 11 is 0. The van der Waals surface area contributed by atoms with Gasteiger partial charge in [0.2, 0.25) is 11.7 Å². The smallest absolute Gasteiger partial charge is 0.364 e. The molecule has 5 nitrogen and oxygen atoms in total. The van der Waals surface area contributed by atoms with Crippen LogP contribution in [0.3, 0.4) is 0 Å². The number of aliphatic hydroxyl groups is 1. The molecule has 0 saturated heterocycles. The van der Waals surface area contributed by atoms with Crippen molar-refractivity contribution in [3.63, 3.8) is 0 Å². The van der Waals surface area contributed by atoms with Gasteiger partial charge in [0.05, 0.1) is 11.5 Å². The highest BCUT2D eigenvalue weighted by atomic mass is 19.1. The van der Waals surface area contributed by atoms with Crippen LogP contribution >= 0.6 is 0 Å². The summed E-state index contributed by atoms with van der Waals surface area (Å²) < 4.78 is 13.2. The summed E-state index contributed by atoms with van der Waals surface area (Å²) in [4.78, 5) is 24.9. The van der Waals surface area contributed by atoms with Gasteiger partial charge < -0.3 is 15.5 Å². The van der Waals surface area contributed by atoms with Crippen LogP contribution in [0.4, 0.5) is 4.39 Å². The third-order valence-corrected chi connectivity index (χ3v) is 15.2. The number of carbonyl (C=O) groups excluding carboxylic acids is 1. The van der Waals surface area contributed by atoms with Crippen molar-refractivity contribution in [3.8, 4) is 0 Å². The van der Waals surface area contributed by atoms with Crippen LogP contribution in [0.5, 0.6) is 0 Å². The van der Waals surface area contributed by atoms with Gasteiger partial charge in [-0.2, -0.15) is 4.39 Å². The van der Waals surface area contributed by atoms with E-state index in [0.29, 0.717) is 49.0 Å². The highest BCUT2D eigenvalue weighted by Crippen LogP contribution is 2.77. The molecule has 5 fully saturated rings. The van der Waals surface area contributed by atoms with E-state index in [0.717, 1.165) is 57.4 Å². The van der Waals surface area contributed by atoms with E-state index >= 15 is 0 Å². The number of nitrogens with one attached hydrogen (secondary N) is 1. The maximum Gasteiger partial charge on any atom is 0.364 e. The zero-order valence-corrected chi connectivity index (χ0v) is 28.4. The molecule has 0 aromatic rings. The minimum absolute atomic E-state index is 0.0479. The van der Waals surface area contributed by atoms with Crippen LogP contribution in [-0.4, -0.2) is 34.7 Å². The lowest BCUT2D eigenvalue weighted by atomic mass is 9.32. The van der Waals surface area contributed by atoms with Crippen LogP contribution < -0.4 is 5.32 Å². The van der Waals surface area contributed by atoms with Crippen molar-refractivity contribution in [1.29, 1.82) is 0 Å². The number of carbonyl (C=O) groups is 2. The molecule has 0 bridgehead atoms. The Kier molecular flexibility index (Phi) is 9.06. The molecule has 0 aromatic carbocycles. The Morgan fingerprint density at radius 2 is 1.61 bits per heavy atom. The van der Waals surface area contributed by atoms with Gasteiger partial charge in [-0.1, -0.05) is 53.2 Å². The molecule has 5 aliphatic rings. The van der Waals surface area contributed by atoms with Crippen molar-refractivity contribution in [1.82, 2.24) is 5.32 Å². The fourth-order valence-corrected chi connectivity index (χ4v) is 12.7. The number of carboxylic acid groups (broad SMARTS) is 1. The molecule has 10 atom stereocenters. The Morgan fingerprint density at radius 1 is 0.886 bits per heavy atom. The molecule has 5 saturated carbocycles. The fraction of sp³-hybridized carbons (Fsp3) is 0.842. The summed E-state index contributed by atoms with van der Waals surface area (Å²) in [5, 5.41) is 23.0. The second-order valence-electron chi connectivity index (χ2n) is 17.2. The molecular formula is C38H60FNO4. The molecule has 0 unspecified atom stereocenters. The Morgan fingerprint density at radius 3 is 2.30 bits per heavy atom. The molecule has 0 aliphatic heterocycles. The number of hydrogen-bond donors (Lipinski definition) is 3. The SMILES string of the molecule is C=C(C)[C@@H]1CC[C@]2(C(=O)NCCCCC/C=C(/F)C(=O)O)CC[C@]3(C)[C@H](CC[C@@H]4[C@@]5(C)CC[C@H](O)C(C)(C)[C@@H]5CC[C@]43C)[C@@H]12. The van der Waals surface area contributed by atoms with E-state index in [9.17, 15) is 19.1 Å². The monoisotopic (exact) mass is 613 g/mol. The molecule has 0 heterocycles. The highest BCUT2D eigenvalue weighted by molar-refractivity contribution is 5.84. The molecule has 0 aromatic heterocycles. The molecule has 44 heavy (non-hydrogen) atoms. The molecule has 5 aliphatic carbocycles. The molecule has 6 heteroatoms. The molecule has 0 spiro atoms. The zero-order valence-electron chi connectivity index (χ0n) is 28.4. The second-order valence-corrected chi connectivity index (χ2v) is 17.2. The van der Waals surface area contributed by atoms with Crippen molar-refractivity contribution >= 4 is 11.9 Å². The Bertz CT molecular complexity index is 1180.